The standard InChI is InChI=1S/C17H15F4N5O2/c1-10(18)15(27)26-6-2-11(3-7-26)13-14(23-5-4-22-13)28-12-8-24-16(25-9-12)17(19,20)21/h4-5,8-9,11H,1-3,6-7H2. The van der Waals surface area contributed by atoms with Crippen LogP contribution in [0.1, 0.15) is 30.3 Å². The van der Waals surface area contributed by atoms with Crippen LogP contribution in [-0.4, -0.2) is 43.8 Å². The summed E-state index contributed by atoms with van der Waals surface area (Å²) in [4.78, 5) is 27.8. The molecule has 0 saturated carbocycles. The molecule has 1 amide bonds. The van der Waals surface area contributed by atoms with E-state index in [4.69, 9.17) is 4.74 Å². The summed E-state index contributed by atoms with van der Waals surface area (Å²) in [7, 11) is 0. The normalized spacial score (nSPS) is 15.4. The van der Waals surface area contributed by atoms with Gasteiger partial charge in [-0.15, -0.1) is 0 Å². The minimum absolute atomic E-state index is 0.0175. The lowest BCUT2D eigenvalue weighted by Gasteiger charge is -2.31. The number of carbonyl (C=O) groups is 1. The molecule has 1 saturated heterocycles. The summed E-state index contributed by atoms with van der Waals surface area (Å²) >= 11 is 0. The van der Waals surface area contributed by atoms with E-state index >= 15 is 0 Å². The number of rotatable bonds is 4. The van der Waals surface area contributed by atoms with Gasteiger partial charge in [0, 0.05) is 31.4 Å². The Bertz CT molecular complexity index is 865. The van der Waals surface area contributed by atoms with Gasteiger partial charge in [0.2, 0.25) is 11.7 Å². The maximum atomic E-state index is 13.0. The molecule has 1 fully saturated rings. The quantitative estimate of drug-likeness (QED) is 0.582. The zero-order valence-electron chi connectivity index (χ0n) is 14.5. The van der Waals surface area contributed by atoms with Crippen molar-refractivity contribution in [2.75, 3.05) is 13.1 Å². The number of ether oxygens (including phenoxy) is 1. The largest absolute Gasteiger partial charge is 0.451 e. The minimum Gasteiger partial charge on any atom is -0.434 e. The van der Waals surface area contributed by atoms with Crippen molar-refractivity contribution in [3.05, 3.63) is 48.7 Å². The number of nitrogens with zero attached hydrogens (tertiary/aromatic N) is 5. The predicted molar refractivity (Wildman–Crippen MR) is 87.9 cm³/mol. The van der Waals surface area contributed by atoms with Crippen molar-refractivity contribution in [3.8, 4) is 11.6 Å². The van der Waals surface area contributed by atoms with Gasteiger partial charge in [-0.25, -0.2) is 19.3 Å². The van der Waals surface area contributed by atoms with Crippen molar-refractivity contribution in [1.29, 1.82) is 0 Å². The number of hydrogen-bond acceptors (Lipinski definition) is 6. The summed E-state index contributed by atoms with van der Waals surface area (Å²) < 4.78 is 56.2. The number of alkyl halides is 3. The number of amides is 1. The van der Waals surface area contributed by atoms with E-state index in [-0.39, 0.29) is 17.5 Å². The van der Waals surface area contributed by atoms with Gasteiger partial charge >= 0.3 is 6.18 Å². The molecule has 3 rings (SSSR count). The first-order chi connectivity index (χ1) is 13.3. The molecular formula is C17H15F4N5O2. The maximum Gasteiger partial charge on any atom is 0.451 e. The van der Waals surface area contributed by atoms with Crippen molar-refractivity contribution < 1.29 is 27.1 Å². The van der Waals surface area contributed by atoms with E-state index in [0.717, 1.165) is 12.4 Å². The molecule has 148 valence electrons. The first-order valence-electron chi connectivity index (χ1n) is 8.27. The fourth-order valence-corrected chi connectivity index (χ4v) is 2.85. The Morgan fingerprint density at radius 1 is 1.11 bits per heavy atom. The van der Waals surface area contributed by atoms with Crippen LogP contribution in [0.4, 0.5) is 17.6 Å². The van der Waals surface area contributed by atoms with Gasteiger partial charge in [0.1, 0.15) is 5.69 Å². The fraction of sp³-hybridized carbons (Fsp3) is 0.353. The molecule has 0 spiro atoms. The topological polar surface area (TPSA) is 81.1 Å². The summed E-state index contributed by atoms with van der Waals surface area (Å²) in [6.07, 6.45) is 1.01. The van der Waals surface area contributed by atoms with E-state index in [9.17, 15) is 22.4 Å². The van der Waals surface area contributed by atoms with E-state index < -0.39 is 23.7 Å². The van der Waals surface area contributed by atoms with Crippen molar-refractivity contribution in [1.82, 2.24) is 24.8 Å². The van der Waals surface area contributed by atoms with Crippen molar-refractivity contribution in [3.63, 3.8) is 0 Å². The molecule has 2 aromatic heterocycles. The van der Waals surface area contributed by atoms with Gasteiger partial charge in [0.05, 0.1) is 12.4 Å². The average Bonchev–Trinajstić information content (AvgIpc) is 2.68. The highest BCUT2D eigenvalue weighted by molar-refractivity contribution is 5.90. The van der Waals surface area contributed by atoms with Gasteiger partial charge in [-0.1, -0.05) is 6.58 Å². The molecule has 0 radical (unpaired) electrons. The second-order valence-electron chi connectivity index (χ2n) is 6.06. The van der Waals surface area contributed by atoms with Crippen molar-refractivity contribution in [2.24, 2.45) is 0 Å². The first-order valence-corrected chi connectivity index (χ1v) is 8.27. The van der Waals surface area contributed by atoms with Crippen LogP contribution in [0.25, 0.3) is 0 Å². The Morgan fingerprint density at radius 2 is 1.71 bits per heavy atom. The maximum absolute atomic E-state index is 13.0. The highest BCUT2D eigenvalue weighted by Crippen LogP contribution is 2.34. The third kappa shape index (κ3) is 4.41. The second-order valence-corrected chi connectivity index (χ2v) is 6.06. The lowest BCUT2D eigenvalue weighted by Crippen LogP contribution is -2.38. The molecule has 1 aliphatic rings. The van der Waals surface area contributed by atoms with E-state index in [1.807, 2.05) is 0 Å². The summed E-state index contributed by atoms with van der Waals surface area (Å²) in [5.74, 6) is -3.04. The molecule has 0 bridgehead atoms. The average molecular weight is 397 g/mol. The van der Waals surface area contributed by atoms with E-state index in [2.05, 4.69) is 26.5 Å². The van der Waals surface area contributed by atoms with Crippen LogP contribution in [0, 0.1) is 0 Å². The van der Waals surface area contributed by atoms with Gasteiger partial charge in [0.15, 0.2) is 11.6 Å². The number of carbonyl (C=O) groups excluding carboxylic acids is 1. The molecule has 0 aromatic carbocycles. The van der Waals surface area contributed by atoms with E-state index in [1.54, 1.807) is 0 Å². The third-order valence-electron chi connectivity index (χ3n) is 4.19. The predicted octanol–water partition coefficient (Wildman–Crippen LogP) is 3.27. The molecule has 1 aliphatic heterocycles. The Labute approximate surface area is 157 Å². The molecule has 0 N–H and O–H groups in total. The zero-order chi connectivity index (χ0) is 20.3. The summed E-state index contributed by atoms with van der Waals surface area (Å²) in [6, 6.07) is 0. The highest BCUT2D eigenvalue weighted by atomic mass is 19.4. The van der Waals surface area contributed by atoms with Gasteiger partial charge in [0.25, 0.3) is 5.91 Å². The molecule has 7 nitrogen and oxygen atoms in total. The highest BCUT2D eigenvalue weighted by Gasteiger charge is 2.34. The lowest BCUT2D eigenvalue weighted by atomic mass is 9.93. The van der Waals surface area contributed by atoms with Crippen LogP contribution >= 0.6 is 0 Å². The monoisotopic (exact) mass is 397 g/mol. The molecule has 0 unspecified atom stereocenters. The van der Waals surface area contributed by atoms with Crippen LogP contribution in [-0.2, 0) is 11.0 Å². The van der Waals surface area contributed by atoms with E-state index in [0.29, 0.717) is 31.6 Å². The van der Waals surface area contributed by atoms with Crippen LogP contribution < -0.4 is 4.74 Å². The number of halogens is 4. The zero-order valence-corrected chi connectivity index (χ0v) is 14.5. The van der Waals surface area contributed by atoms with Crippen LogP contribution in [0.5, 0.6) is 11.6 Å². The molecular weight excluding hydrogens is 382 g/mol. The Hall–Kier alpha value is -3.11. The SMILES string of the molecule is C=C(F)C(=O)N1CCC(c2nccnc2Oc2cnc(C(F)(F)F)nc2)CC1. The summed E-state index contributed by atoms with van der Waals surface area (Å²) in [5, 5.41) is 0. The second kappa shape index (κ2) is 7.87. The number of piperidine rings is 1. The van der Waals surface area contributed by atoms with Gasteiger partial charge in [-0.05, 0) is 12.8 Å². The molecule has 11 heteroatoms. The molecule has 2 aromatic rings. The molecule has 3 heterocycles. The number of aromatic nitrogens is 4. The Balaban J connectivity index is 1.72. The minimum atomic E-state index is -4.65. The van der Waals surface area contributed by atoms with E-state index in [1.165, 1.54) is 17.3 Å². The first kappa shape index (κ1) is 19.6. The van der Waals surface area contributed by atoms with Crippen molar-refractivity contribution in [2.45, 2.75) is 24.9 Å². The van der Waals surface area contributed by atoms with Gasteiger partial charge < -0.3 is 9.64 Å². The fourth-order valence-electron chi connectivity index (χ4n) is 2.85. The lowest BCUT2D eigenvalue weighted by molar-refractivity contribution is -0.145. The summed E-state index contributed by atoms with van der Waals surface area (Å²) in [5.41, 5.74) is 0.494. The van der Waals surface area contributed by atoms with Gasteiger partial charge in [-0.3, -0.25) is 9.78 Å². The molecule has 0 aliphatic carbocycles. The number of hydrogen-bond donors (Lipinski definition) is 0. The third-order valence-corrected chi connectivity index (χ3v) is 4.19. The smallest absolute Gasteiger partial charge is 0.434 e. The van der Waals surface area contributed by atoms with Crippen LogP contribution in [0.15, 0.2) is 37.2 Å². The Kier molecular flexibility index (Phi) is 5.52. The van der Waals surface area contributed by atoms with Crippen LogP contribution in [0.3, 0.4) is 0 Å². The Morgan fingerprint density at radius 3 is 2.29 bits per heavy atom. The molecule has 0 atom stereocenters. The summed E-state index contributed by atoms with van der Waals surface area (Å²) in [6.45, 7) is 3.63. The van der Waals surface area contributed by atoms with Gasteiger partial charge in [-0.2, -0.15) is 13.2 Å². The number of likely N-dealkylation sites (tertiary alicyclic amines) is 1. The molecule has 28 heavy (non-hydrogen) atoms. The van der Waals surface area contributed by atoms with Crippen LogP contribution in [0.2, 0.25) is 0 Å². The van der Waals surface area contributed by atoms with Crippen molar-refractivity contribution >= 4 is 5.91 Å².